The molecule has 0 saturated heterocycles. The molecular formula is C7H6N6O4. The highest BCUT2D eigenvalue weighted by Crippen LogP contribution is 2.14. The van der Waals surface area contributed by atoms with E-state index in [-0.39, 0.29) is 23.3 Å². The monoisotopic (exact) mass is 238 g/mol. The van der Waals surface area contributed by atoms with Crippen molar-refractivity contribution >= 4 is 23.7 Å². The number of nitrogens with one attached hydrogen (secondary N) is 1. The molecule has 0 amide bonds. The van der Waals surface area contributed by atoms with E-state index in [1.807, 2.05) is 0 Å². The van der Waals surface area contributed by atoms with Crippen molar-refractivity contribution in [3.8, 4) is 0 Å². The number of hydrazone groups is 1. The fourth-order valence-electron chi connectivity index (χ4n) is 0.940. The number of hydrogen-bond donors (Lipinski definition) is 2. The summed E-state index contributed by atoms with van der Waals surface area (Å²) in [6.45, 7) is 0. The number of rotatable bonds is 4. The van der Waals surface area contributed by atoms with Crippen LogP contribution >= 0.6 is 0 Å². The minimum atomic E-state index is -0.649. The summed E-state index contributed by atoms with van der Waals surface area (Å²) in [6, 6.07) is 2.61. The second kappa shape index (κ2) is 4.30. The zero-order chi connectivity index (χ0) is 12.3. The van der Waals surface area contributed by atoms with Crippen molar-refractivity contribution in [2.24, 2.45) is 5.10 Å². The zero-order valence-electron chi connectivity index (χ0n) is 8.23. The van der Waals surface area contributed by atoms with Crippen LogP contribution < -0.4 is 11.2 Å². The Labute approximate surface area is 93.2 Å². The van der Waals surface area contributed by atoms with Gasteiger partial charge in [-0.15, -0.1) is 0 Å². The van der Waals surface area contributed by atoms with Crippen molar-refractivity contribution < 1.29 is 14.0 Å². The molecule has 0 aromatic carbocycles. The van der Waals surface area contributed by atoms with Gasteiger partial charge in [0.1, 0.15) is 4.92 Å². The third kappa shape index (κ3) is 2.37. The number of nitrogens with zero attached hydrogens (tertiary/aromatic N) is 4. The first-order valence-corrected chi connectivity index (χ1v) is 4.28. The maximum Gasteiger partial charge on any atom is 0.433 e. The quantitative estimate of drug-likeness (QED) is 0.447. The van der Waals surface area contributed by atoms with Crippen molar-refractivity contribution in [3.63, 3.8) is 0 Å². The first-order chi connectivity index (χ1) is 8.16. The SMILES string of the molecule is Nc1nonc1NN=Cc1ccc([N+](=O)[O-])o1. The second-order valence-corrected chi connectivity index (χ2v) is 2.80. The first-order valence-electron chi connectivity index (χ1n) is 4.28. The van der Waals surface area contributed by atoms with Crippen molar-refractivity contribution in [2.75, 3.05) is 11.2 Å². The second-order valence-electron chi connectivity index (χ2n) is 2.80. The van der Waals surface area contributed by atoms with Gasteiger partial charge < -0.3 is 10.2 Å². The molecule has 88 valence electrons. The molecule has 0 aliphatic rings. The van der Waals surface area contributed by atoms with Gasteiger partial charge in [0.25, 0.3) is 0 Å². The number of anilines is 2. The topological polar surface area (TPSA) is 146 Å². The zero-order valence-corrected chi connectivity index (χ0v) is 8.23. The molecule has 0 saturated carbocycles. The number of nitro groups is 1. The van der Waals surface area contributed by atoms with Crippen molar-refractivity contribution in [2.45, 2.75) is 0 Å². The van der Waals surface area contributed by atoms with Crippen LogP contribution in [-0.2, 0) is 0 Å². The number of nitrogens with two attached hydrogens (primary N) is 1. The van der Waals surface area contributed by atoms with Crippen LogP contribution in [0.5, 0.6) is 0 Å². The Bertz CT molecular complexity index is 558. The fraction of sp³-hybridized carbons (Fsp3) is 0. The van der Waals surface area contributed by atoms with E-state index < -0.39 is 4.92 Å². The highest BCUT2D eigenvalue weighted by molar-refractivity contribution is 5.77. The van der Waals surface area contributed by atoms with Crippen LogP contribution in [0.2, 0.25) is 0 Å². The smallest absolute Gasteiger partial charge is 0.400 e. The van der Waals surface area contributed by atoms with Crippen LogP contribution in [-0.4, -0.2) is 21.5 Å². The van der Waals surface area contributed by atoms with E-state index in [9.17, 15) is 10.1 Å². The van der Waals surface area contributed by atoms with Gasteiger partial charge in [-0.1, -0.05) is 0 Å². The van der Waals surface area contributed by atoms with Gasteiger partial charge in [0.2, 0.25) is 11.6 Å². The summed E-state index contributed by atoms with van der Waals surface area (Å²) in [7, 11) is 0. The molecule has 0 unspecified atom stereocenters. The largest absolute Gasteiger partial charge is 0.433 e. The Balaban J connectivity index is 2.01. The van der Waals surface area contributed by atoms with E-state index in [1.54, 1.807) is 0 Å². The number of furan rings is 1. The summed E-state index contributed by atoms with van der Waals surface area (Å²) < 4.78 is 9.13. The first kappa shape index (κ1) is 10.6. The van der Waals surface area contributed by atoms with Gasteiger partial charge >= 0.3 is 5.88 Å². The predicted octanol–water partition coefficient (Wildman–Crippen LogP) is 0.599. The van der Waals surface area contributed by atoms with Gasteiger partial charge in [-0.2, -0.15) is 5.10 Å². The Hall–Kier alpha value is -2.91. The third-order valence-electron chi connectivity index (χ3n) is 1.67. The predicted molar refractivity (Wildman–Crippen MR) is 55.3 cm³/mol. The summed E-state index contributed by atoms with van der Waals surface area (Å²) >= 11 is 0. The lowest BCUT2D eigenvalue weighted by Crippen LogP contribution is -1.94. The molecule has 3 N–H and O–H groups in total. The van der Waals surface area contributed by atoms with Gasteiger partial charge in [0.05, 0.1) is 12.3 Å². The molecule has 0 bridgehead atoms. The fourth-order valence-corrected chi connectivity index (χ4v) is 0.940. The molecule has 2 heterocycles. The van der Waals surface area contributed by atoms with E-state index in [2.05, 4.69) is 25.5 Å². The summed E-state index contributed by atoms with van der Waals surface area (Å²) in [5.74, 6) is 0.0307. The van der Waals surface area contributed by atoms with Gasteiger partial charge in [-0.3, -0.25) is 15.5 Å². The lowest BCUT2D eigenvalue weighted by atomic mass is 10.5. The number of nitrogen functional groups attached to an aromatic ring is 1. The summed E-state index contributed by atoms with van der Waals surface area (Å²) in [4.78, 5) is 9.68. The molecule has 0 fully saturated rings. The van der Waals surface area contributed by atoms with Crippen molar-refractivity contribution in [1.82, 2.24) is 10.3 Å². The normalized spacial score (nSPS) is 10.8. The third-order valence-corrected chi connectivity index (χ3v) is 1.67. The molecule has 0 aliphatic heterocycles. The van der Waals surface area contributed by atoms with Gasteiger partial charge in [-0.25, -0.2) is 4.63 Å². The molecule has 2 aromatic heterocycles. The van der Waals surface area contributed by atoms with Crippen LogP contribution in [0.15, 0.2) is 26.3 Å². The number of hydrogen-bond acceptors (Lipinski definition) is 9. The highest BCUT2D eigenvalue weighted by Gasteiger charge is 2.10. The van der Waals surface area contributed by atoms with Gasteiger partial charge in [0, 0.05) is 0 Å². The molecular weight excluding hydrogens is 232 g/mol. The van der Waals surface area contributed by atoms with Crippen LogP contribution in [0.25, 0.3) is 0 Å². The molecule has 17 heavy (non-hydrogen) atoms. The Morgan fingerprint density at radius 3 is 2.94 bits per heavy atom. The average Bonchev–Trinajstić information content (AvgIpc) is 2.89. The van der Waals surface area contributed by atoms with Gasteiger partial charge in [-0.05, 0) is 16.4 Å². The van der Waals surface area contributed by atoms with E-state index in [0.717, 1.165) is 0 Å². The Morgan fingerprint density at radius 1 is 1.53 bits per heavy atom. The maximum absolute atomic E-state index is 10.3. The lowest BCUT2D eigenvalue weighted by molar-refractivity contribution is -0.402. The molecule has 0 atom stereocenters. The standard InChI is InChI=1S/C7H6N6O4/c8-6-7(12-17-11-6)10-9-3-4-1-2-5(16-4)13(14)15/h1-3H,(H2,8,11)(H,10,12). The van der Waals surface area contributed by atoms with E-state index in [1.165, 1.54) is 18.3 Å². The Morgan fingerprint density at radius 2 is 2.35 bits per heavy atom. The molecule has 2 aromatic rings. The van der Waals surface area contributed by atoms with Crippen molar-refractivity contribution in [1.29, 1.82) is 0 Å². The summed E-state index contributed by atoms with van der Waals surface area (Å²) in [6.07, 6.45) is 1.22. The van der Waals surface area contributed by atoms with Crippen LogP contribution in [0.1, 0.15) is 5.76 Å². The molecule has 10 nitrogen and oxygen atoms in total. The van der Waals surface area contributed by atoms with Crippen molar-refractivity contribution in [3.05, 3.63) is 28.0 Å². The average molecular weight is 238 g/mol. The van der Waals surface area contributed by atoms with Gasteiger partial charge in [0.15, 0.2) is 5.76 Å². The minimum absolute atomic E-state index is 0.0487. The number of aromatic nitrogens is 2. The van der Waals surface area contributed by atoms with Crippen LogP contribution in [0.4, 0.5) is 17.5 Å². The summed E-state index contributed by atoms with van der Waals surface area (Å²) in [5, 5.41) is 20.7. The molecule has 0 aliphatic carbocycles. The minimum Gasteiger partial charge on any atom is -0.400 e. The molecule has 0 radical (unpaired) electrons. The van der Waals surface area contributed by atoms with Crippen LogP contribution in [0.3, 0.4) is 0 Å². The Kier molecular flexibility index (Phi) is 2.68. The van der Waals surface area contributed by atoms with E-state index in [0.29, 0.717) is 0 Å². The summed E-state index contributed by atoms with van der Waals surface area (Å²) in [5.41, 5.74) is 7.77. The molecule has 10 heteroatoms. The van der Waals surface area contributed by atoms with E-state index >= 15 is 0 Å². The molecule has 0 spiro atoms. The maximum atomic E-state index is 10.3. The molecule has 2 rings (SSSR count). The lowest BCUT2D eigenvalue weighted by Gasteiger charge is -1.90. The van der Waals surface area contributed by atoms with Crippen LogP contribution in [0, 0.1) is 10.1 Å². The highest BCUT2D eigenvalue weighted by atomic mass is 16.6. The van der Waals surface area contributed by atoms with E-state index in [4.69, 9.17) is 10.2 Å².